The lowest BCUT2D eigenvalue weighted by molar-refractivity contribution is -0.144. The number of piperidine rings is 1. The average molecular weight is 1000 g/mol. The molecule has 71 heavy (non-hydrogen) atoms. The lowest BCUT2D eigenvalue weighted by atomic mass is 9.93. The minimum absolute atomic E-state index is 0.00225. The summed E-state index contributed by atoms with van der Waals surface area (Å²) in [6.45, 7) is 23.4. The van der Waals surface area contributed by atoms with E-state index in [2.05, 4.69) is 54.2 Å². The maximum Gasteiger partial charge on any atom is 0.305 e. The van der Waals surface area contributed by atoms with Crippen LogP contribution in [0.2, 0.25) is 0 Å². The summed E-state index contributed by atoms with van der Waals surface area (Å²) in [6.07, 6.45) is 57.1. The van der Waals surface area contributed by atoms with Crippen molar-refractivity contribution >= 4 is 11.9 Å². The summed E-state index contributed by atoms with van der Waals surface area (Å²) in [5.41, 5.74) is 0. The van der Waals surface area contributed by atoms with E-state index < -0.39 is 0 Å². The molecular weight excluding hydrogens is 873 g/mol. The van der Waals surface area contributed by atoms with Crippen LogP contribution in [-0.4, -0.2) is 110 Å². The molecule has 0 aromatic rings. The Balaban J connectivity index is 2.72. The van der Waals surface area contributed by atoms with E-state index in [1.165, 1.54) is 257 Å². The predicted molar refractivity (Wildman–Crippen MR) is 312 cm³/mol. The van der Waals surface area contributed by atoms with Crippen LogP contribution in [-0.2, 0) is 14.3 Å². The molecule has 0 radical (unpaired) electrons. The third kappa shape index (κ3) is 44.8. The maximum absolute atomic E-state index is 14.1. The molecule has 1 fully saturated rings. The van der Waals surface area contributed by atoms with Gasteiger partial charge in [0.15, 0.2) is 0 Å². The normalized spacial score (nSPS) is 13.4. The summed E-state index contributed by atoms with van der Waals surface area (Å²) in [5, 5.41) is 0. The number of nitrogens with zero attached hydrogens (tertiary/aromatic N) is 4. The number of ether oxygens (including phenoxy) is 1. The first kappa shape index (κ1) is 67.8. The molecule has 1 heterocycles. The van der Waals surface area contributed by atoms with Gasteiger partial charge in [-0.15, -0.1) is 0 Å². The quantitative estimate of drug-likeness (QED) is 0.0447. The number of carbonyl (C=O) groups is 2. The minimum atomic E-state index is -0.00225. The first-order valence-electron chi connectivity index (χ1n) is 32.6. The van der Waals surface area contributed by atoms with Crippen LogP contribution >= 0.6 is 0 Å². The molecule has 422 valence electrons. The molecule has 0 spiro atoms. The van der Waals surface area contributed by atoms with Gasteiger partial charge in [-0.2, -0.15) is 0 Å². The Kier molecular flexibility index (Phi) is 51.2. The van der Waals surface area contributed by atoms with Crippen molar-refractivity contribution in [3.8, 4) is 0 Å². The molecule has 7 heteroatoms. The molecule has 1 aliphatic rings. The van der Waals surface area contributed by atoms with Crippen LogP contribution in [0, 0.1) is 5.92 Å². The summed E-state index contributed by atoms with van der Waals surface area (Å²) < 4.78 is 5.74. The maximum atomic E-state index is 14.1. The molecule has 0 N–H and O–H groups in total. The topological polar surface area (TPSA) is 56.3 Å². The molecule has 0 aromatic carbocycles. The first-order valence-corrected chi connectivity index (χ1v) is 32.6. The Morgan fingerprint density at radius 3 is 1.07 bits per heavy atom. The van der Waals surface area contributed by atoms with E-state index in [1.54, 1.807) is 0 Å². The van der Waals surface area contributed by atoms with Gasteiger partial charge in [-0.25, -0.2) is 0 Å². The summed E-state index contributed by atoms with van der Waals surface area (Å²) in [4.78, 5) is 36.8. The highest BCUT2D eigenvalue weighted by Crippen LogP contribution is 2.22. The number of hydrogen-bond acceptors (Lipinski definition) is 6. The Labute approximate surface area is 445 Å². The molecule has 0 unspecified atom stereocenters. The SMILES string of the molecule is CCCCCCCCCCCCCCN(CCCOC(=O)CCCCCCCCC)CCC1CCN(C(=O)CN(CCCCCCCCC)CCN(CCCCCCCC)CCCCCCCCC)CC1. The smallest absolute Gasteiger partial charge is 0.305 e. The fourth-order valence-corrected chi connectivity index (χ4v) is 11.0. The van der Waals surface area contributed by atoms with Gasteiger partial charge in [-0.3, -0.25) is 14.5 Å². The van der Waals surface area contributed by atoms with Gasteiger partial charge in [-0.05, 0) is 96.4 Å². The molecule has 1 rings (SSSR count). The number of amides is 1. The summed E-state index contributed by atoms with van der Waals surface area (Å²) >= 11 is 0. The van der Waals surface area contributed by atoms with Gasteiger partial charge >= 0.3 is 5.97 Å². The highest BCUT2D eigenvalue weighted by molar-refractivity contribution is 5.78. The third-order valence-corrected chi connectivity index (χ3v) is 16.1. The van der Waals surface area contributed by atoms with Gasteiger partial charge in [0.05, 0.1) is 13.2 Å². The molecule has 0 aromatic heterocycles. The second-order valence-corrected chi connectivity index (χ2v) is 22.9. The van der Waals surface area contributed by atoms with E-state index in [0.29, 0.717) is 31.4 Å². The van der Waals surface area contributed by atoms with Crippen molar-refractivity contribution < 1.29 is 14.3 Å². The van der Waals surface area contributed by atoms with Gasteiger partial charge in [0.2, 0.25) is 5.91 Å². The standard InChI is InChI=1S/C64H128N4O3/c1-6-11-16-21-26-27-28-29-30-34-38-41-50-65(54-45-60-71-64(70)46-40-35-31-22-17-12-7-2)55-47-62-48-56-68(57-49-62)63(69)61-67(53-44-39-33-24-19-14-9-4)59-58-66(51-42-36-25-20-15-10-5)52-43-37-32-23-18-13-8-3/h62H,6-61H2,1-5H3. The van der Waals surface area contributed by atoms with Gasteiger partial charge in [-0.1, -0.05) is 253 Å². The zero-order valence-corrected chi connectivity index (χ0v) is 49.2. The summed E-state index contributed by atoms with van der Waals surface area (Å²) in [6, 6.07) is 0. The molecule has 1 saturated heterocycles. The monoisotopic (exact) mass is 1000 g/mol. The molecule has 0 saturated carbocycles. The molecule has 7 nitrogen and oxygen atoms in total. The van der Waals surface area contributed by atoms with Crippen molar-refractivity contribution in [2.45, 2.75) is 317 Å². The van der Waals surface area contributed by atoms with Gasteiger partial charge in [0.25, 0.3) is 0 Å². The molecule has 0 aliphatic carbocycles. The average Bonchev–Trinajstić information content (AvgIpc) is 3.38. The molecular formula is C64H128N4O3. The van der Waals surface area contributed by atoms with E-state index in [-0.39, 0.29) is 5.97 Å². The number of esters is 1. The van der Waals surface area contributed by atoms with E-state index >= 15 is 0 Å². The lowest BCUT2D eigenvalue weighted by Gasteiger charge is -2.35. The van der Waals surface area contributed by atoms with E-state index in [1.807, 2.05) is 0 Å². The van der Waals surface area contributed by atoms with E-state index in [9.17, 15) is 9.59 Å². The highest BCUT2D eigenvalue weighted by Gasteiger charge is 2.25. The van der Waals surface area contributed by atoms with Crippen molar-refractivity contribution in [3.63, 3.8) is 0 Å². The molecule has 1 aliphatic heterocycles. The second kappa shape index (κ2) is 53.6. The number of unbranched alkanes of at least 4 members (excludes halogenated alkanes) is 34. The van der Waals surface area contributed by atoms with Crippen LogP contribution in [0.5, 0.6) is 0 Å². The van der Waals surface area contributed by atoms with Crippen LogP contribution in [0.25, 0.3) is 0 Å². The van der Waals surface area contributed by atoms with Crippen molar-refractivity contribution in [1.29, 1.82) is 0 Å². The summed E-state index contributed by atoms with van der Waals surface area (Å²) in [5.74, 6) is 1.06. The van der Waals surface area contributed by atoms with Gasteiger partial charge in [0.1, 0.15) is 0 Å². The Morgan fingerprint density at radius 1 is 0.366 bits per heavy atom. The molecule has 0 bridgehead atoms. The largest absolute Gasteiger partial charge is 0.466 e. The summed E-state index contributed by atoms with van der Waals surface area (Å²) in [7, 11) is 0. The van der Waals surface area contributed by atoms with Gasteiger partial charge < -0.3 is 19.4 Å². The number of rotatable bonds is 56. The van der Waals surface area contributed by atoms with Gasteiger partial charge in [0, 0.05) is 39.1 Å². The van der Waals surface area contributed by atoms with Crippen LogP contribution < -0.4 is 0 Å². The fourth-order valence-electron chi connectivity index (χ4n) is 11.0. The number of carbonyl (C=O) groups excluding carboxylic acids is 2. The number of likely N-dealkylation sites (tertiary alicyclic amines) is 1. The second-order valence-electron chi connectivity index (χ2n) is 22.9. The van der Waals surface area contributed by atoms with Crippen molar-refractivity contribution in [3.05, 3.63) is 0 Å². The van der Waals surface area contributed by atoms with Crippen LogP contribution in [0.15, 0.2) is 0 Å². The molecule has 1 amide bonds. The van der Waals surface area contributed by atoms with Crippen molar-refractivity contribution in [2.75, 3.05) is 78.6 Å². The lowest BCUT2D eigenvalue weighted by Crippen LogP contribution is -2.46. The predicted octanol–water partition coefficient (Wildman–Crippen LogP) is 18.2. The van der Waals surface area contributed by atoms with Crippen molar-refractivity contribution in [2.24, 2.45) is 5.92 Å². The zero-order valence-electron chi connectivity index (χ0n) is 49.2. The molecule has 0 atom stereocenters. The van der Waals surface area contributed by atoms with Crippen LogP contribution in [0.4, 0.5) is 0 Å². The zero-order chi connectivity index (χ0) is 51.3. The Bertz CT molecular complexity index is 1100. The van der Waals surface area contributed by atoms with Crippen LogP contribution in [0.3, 0.4) is 0 Å². The Morgan fingerprint density at radius 2 is 0.676 bits per heavy atom. The minimum Gasteiger partial charge on any atom is -0.466 e. The third-order valence-electron chi connectivity index (χ3n) is 16.1. The highest BCUT2D eigenvalue weighted by atomic mass is 16.5. The van der Waals surface area contributed by atoms with E-state index in [0.717, 1.165) is 84.5 Å². The van der Waals surface area contributed by atoms with E-state index in [4.69, 9.17) is 4.74 Å². The number of hydrogen-bond donors (Lipinski definition) is 0. The first-order chi connectivity index (χ1) is 35.0. The Hall–Kier alpha value is -1.18. The van der Waals surface area contributed by atoms with Crippen molar-refractivity contribution in [1.82, 2.24) is 19.6 Å². The van der Waals surface area contributed by atoms with Crippen LogP contribution in [0.1, 0.15) is 317 Å². The fraction of sp³-hybridized carbons (Fsp3) is 0.969.